The molecule has 0 fully saturated rings. The predicted molar refractivity (Wildman–Crippen MR) is 118 cm³/mol. The molecule has 0 unspecified atom stereocenters. The van der Waals surface area contributed by atoms with Gasteiger partial charge in [-0.1, -0.05) is 42.1 Å². The smallest absolute Gasteiger partial charge is 0.258 e. The third-order valence-electron chi connectivity index (χ3n) is 4.49. The molecule has 5 rings (SSSR count). The van der Waals surface area contributed by atoms with Gasteiger partial charge in [-0.25, -0.2) is 9.97 Å². The molecule has 2 heterocycles. The number of pyridine rings is 1. The molecular weight excluding hydrogens is 402 g/mol. The standard InChI is InChI=1S/C22H13N3O2S2/c26-25(27)14-9-11-15(12-10-14)28-21-13-17(16-5-1-2-6-18(16)23-21)22-24-19-7-3-4-8-20(19)29-22/h1-13H. The first-order chi connectivity index (χ1) is 14.2. The van der Waals surface area contributed by atoms with Crippen LogP contribution in [0.5, 0.6) is 0 Å². The Kier molecular flexibility index (Phi) is 4.46. The topological polar surface area (TPSA) is 68.9 Å². The van der Waals surface area contributed by atoms with E-state index in [1.165, 1.54) is 23.9 Å². The van der Waals surface area contributed by atoms with Crippen LogP contribution in [-0.4, -0.2) is 14.9 Å². The van der Waals surface area contributed by atoms with E-state index in [9.17, 15) is 10.1 Å². The molecule has 0 spiro atoms. The summed E-state index contributed by atoms with van der Waals surface area (Å²) in [7, 11) is 0. The third kappa shape index (κ3) is 3.46. The molecule has 5 nitrogen and oxygen atoms in total. The lowest BCUT2D eigenvalue weighted by Gasteiger charge is -2.08. The molecule has 7 heteroatoms. The molecule has 3 aromatic carbocycles. The van der Waals surface area contributed by atoms with Gasteiger partial charge >= 0.3 is 0 Å². The van der Waals surface area contributed by atoms with Crippen molar-refractivity contribution in [2.24, 2.45) is 0 Å². The van der Waals surface area contributed by atoms with Crippen LogP contribution in [0, 0.1) is 10.1 Å². The minimum absolute atomic E-state index is 0.0796. The number of nitro benzene ring substituents is 1. The second-order valence-corrected chi connectivity index (χ2v) is 8.49. The van der Waals surface area contributed by atoms with Crippen LogP contribution in [0.15, 0.2) is 88.8 Å². The lowest BCUT2D eigenvalue weighted by Crippen LogP contribution is -1.89. The number of nitrogens with zero attached hydrogens (tertiary/aromatic N) is 3. The highest BCUT2D eigenvalue weighted by Gasteiger charge is 2.13. The molecule has 0 amide bonds. The van der Waals surface area contributed by atoms with Gasteiger partial charge in [0, 0.05) is 28.0 Å². The van der Waals surface area contributed by atoms with E-state index in [-0.39, 0.29) is 5.69 Å². The number of para-hydroxylation sites is 2. The molecule has 5 aromatic rings. The van der Waals surface area contributed by atoms with Crippen LogP contribution in [0.25, 0.3) is 31.7 Å². The van der Waals surface area contributed by atoms with Gasteiger partial charge in [-0.15, -0.1) is 11.3 Å². The van der Waals surface area contributed by atoms with Crippen molar-refractivity contribution in [1.82, 2.24) is 9.97 Å². The summed E-state index contributed by atoms with van der Waals surface area (Å²) in [4.78, 5) is 21.0. The number of non-ortho nitro benzene ring substituents is 1. The second kappa shape index (κ2) is 7.27. The number of aromatic nitrogens is 2. The first-order valence-corrected chi connectivity index (χ1v) is 10.5. The minimum atomic E-state index is -0.395. The van der Waals surface area contributed by atoms with E-state index in [0.717, 1.165) is 41.6 Å². The summed E-state index contributed by atoms with van der Waals surface area (Å²) in [5.41, 5.74) is 3.00. The van der Waals surface area contributed by atoms with Gasteiger partial charge in [0.2, 0.25) is 0 Å². The average Bonchev–Trinajstić information content (AvgIpc) is 3.18. The molecule has 0 saturated heterocycles. The number of nitro groups is 1. The van der Waals surface area contributed by atoms with Crippen molar-refractivity contribution in [3.8, 4) is 10.6 Å². The van der Waals surface area contributed by atoms with E-state index in [1.54, 1.807) is 23.5 Å². The van der Waals surface area contributed by atoms with Crippen molar-refractivity contribution in [1.29, 1.82) is 0 Å². The van der Waals surface area contributed by atoms with Gasteiger partial charge in [0.1, 0.15) is 10.0 Å². The number of thiazole rings is 1. The predicted octanol–water partition coefficient (Wildman–Crippen LogP) is 6.57. The van der Waals surface area contributed by atoms with Gasteiger partial charge in [0.25, 0.3) is 5.69 Å². The number of hydrogen-bond donors (Lipinski definition) is 0. The van der Waals surface area contributed by atoms with Crippen molar-refractivity contribution in [3.63, 3.8) is 0 Å². The van der Waals surface area contributed by atoms with Crippen LogP contribution < -0.4 is 0 Å². The van der Waals surface area contributed by atoms with Gasteiger partial charge in [0.05, 0.1) is 20.7 Å². The fraction of sp³-hybridized carbons (Fsp3) is 0. The van der Waals surface area contributed by atoms with E-state index >= 15 is 0 Å². The first kappa shape index (κ1) is 17.8. The Labute approximate surface area is 174 Å². The Morgan fingerprint density at radius 3 is 2.34 bits per heavy atom. The van der Waals surface area contributed by atoms with Crippen molar-refractivity contribution in [2.75, 3.05) is 0 Å². The van der Waals surface area contributed by atoms with Gasteiger partial charge < -0.3 is 0 Å². The van der Waals surface area contributed by atoms with Gasteiger partial charge in [0.15, 0.2) is 0 Å². The van der Waals surface area contributed by atoms with Gasteiger partial charge in [-0.2, -0.15) is 0 Å². The SMILES string of the molecule is O=[N+]([O-])c1ccc(Sc2cc(-c3nc4ccccc4s3)c3ccccc3n2)cc1. The molecule has 0 radical (unpaired) electrons. The Hall–Kier alpha value is -3.29. The number of rotatable bonds is 4. The largest absolute Gasteiger partial charge is 0.269 e. The number of fused-ring (bicyclic) bond motifs is 2. The zero-order valence-electron chi connectivity index (χ0n) is 15.0. The normalized spacial score (nSPS) is 11.2. The Morgan fingerprint density at radius 2 is 1.59 bits per heavy atom. The van der Waals surface area contributed by atoms with Crippen LogP contribution in [0.2, 0.25) is 0 Å². The van der Waals surface area contributed by atoms with Gasteiger partial charge in [-0.3, -0.25) is 10.1 Å². The molecule has 0 aliphatic carbocycles. The van der Waals surface area contributed by atoms with Crippen molar-refractivity contribution < 1.29 is 4.92 Å². The summed E-state index contributed by atoms with van der Waals surface area (Å²) in [6.45, 7) is 0. The van der Waals surface area contributed by atoms with Crippen LogP contribution >= 0.6 is 23.1 Å². The lowest BCUT2D eigenvalue weighted by molar-refractivity contribution is -0.384. The molecule has 2 aromatic heterocycles. The molecule has 140 valence electrons. The maximum Gasteiger partial charge on any atom is 0.269 e. The fourth-order valence-electron chi connectivity index (χ4n) is 3.12. The summed E-state index contributed by atoms with van der Waals surface area (Å²) >= 11 is 3.14. The molecule has 29 heavy (non-hydrogen) atoms. The van der Waals surface area contributed by atoms with E-state index in [1.807, 2.05) is 42.5 Å². The number of benzene rings is 3. The summed E-state index contributed by atoms with van der Waals surface area (Å²) < 4.78 is 1.15. The second-order valence-electron chi connectivity index (χ2n) is 6.37. The average molecular weight is 415 g/mol. The number of hydrogen-bond acceptors (Lipinski definition) is 6. The van der Waals surface area contributed by atoms with E-state index < -0.39 is 4.92 Å². The summed E-state index contributed by atoms with van der Waals surface area (Å²) in [5, 5.41) is 13.7. The van der Waals surface area contributed by atoms with Gasteiger partial charge in [-0.05, 0) is 36.4 Å². The van der Waals surface area contributed by atoms with Crippen molar-refractivity contribution >= 4 is 49.9 Å². The minimum Gasteiger partial charge on any atom is -0.258 e. The molecule has 0 aliphatic rings. The Morgan fingerprint density at radius 1 is 0.862 bits per heavy atom. The summed E-state index contributed by atoms with van der Waals surface area (Å²) in [6, 6.07) is 24.7. The fourth-order valence-corrected chi connectivity index (χ4v) is 4.95. The Balaban J connectivity index is 1.61. The van der Waals surface area contributed by atoms with E-state index in [4.69, 9.17) is 9.97 Å². The van der Waals surface area contributed by atoms with Crippen LogP contribution in [0.1, 0.15) is 0 Å². The molecule has 0 bridgehead atoms. The maximum atomic E-state index is 10.9. The molecular formula is C22H13N3O2S2. The molecule has 0 aliphatic heterocycles. The first-order valence-electron chi connectivity index (χ1n) is 8.85. The summed E-state index contributed by atoms with van der Waals surface area (Å²) in [6.07, 6.45) is 0. The lowest BCUT2D eigenvalue weighted by atomic mass is 10.1. The highest BCUT2D eigenvalue weighted by Crippen LogP contribution is 2.37. The van der Waals surface area contributed by atoms with Crippen molar-refractivity contribution in [3.05, 3.63) is 89.0 Å². The van der Waals surface area contributed by atoms with Crippen LogP contribution in [0.4, 0.5) is 5.69 Å². The third-order valence-corrected chi connectivity index (χ3v) is 6.48. The highest BCUT2D eigenvalue weighted by molar-refractivity contribution is 7.99. The zero-order valence-corrected chi connectivity index (χ0v) is 16.6. The zero-order chi connectivity index (χ0) is 19.8. The molecule has 0 saturated carbocycles. The molecule has 0 N–H and O–H groups in total. The van der Waals surface area contributed by atoms with Crippen molar-refractivity contribution in [2.45, 2.75) is 9.92 Å². The maximum absolute atomic E-state index is 10.9. The van der Waals surface area contributed by atoms with Crippen LogP contribution in [-0.2, 0) is 0 Å². The van der Waals surface area contributed by atoms with E-state index in [2.05, 4.69) is 12.1 Å². The summed E-state index contributed by atoms with van der Waals surface area (Å²) in [5.74, 6) is 0. The van der Waals surface area contributed by atoms with E-state index in [0.29, 0.717) is 0 Å². The van der Waals surface area contributed by atoms with Crippen LogP contribution in [0.3, 0.4) is 0 Å². The monoisotopic (exact) mass is 415 g/mol. The Bertz CT molecular complexity index is 1330. The highest BCUT2D eigenvalue weighted by atomic mass is 32.2. The molecule has 0 atom stereocenters. The quantitative estimate of drug-likeness (QED) is 0.245.